The van der Waals surface area contributed by atoms with Crippen LogP contribution in [0.2, 0.25) is 0 Å². The maximum atomic E-state index is 13.4. The van der Waals surface area contributed by atoms with Crippen LogP contribution in [0.15, 0.2) is 11.6 Å². The number of nitrogens with one attached hydrogen (secondary N) is 2. The predicted molar refractivity (Wildman–Crippen MR) is 117 cm³/mol. The van der Waals surface area contributed by atoms with E-state index in [0.717, 1.165) is 0 Å². The van der Waals surface area contributed by atoms with Gasteiger partial charge in [0, 0.05) is 12.6 Å². The molecule has 3 N–H and O–H groups in total. The lowest BCUT2D eigenvalue weighted by Gasteiger charge is -2.39. The first kappa shape index (κ1) is 27.1. The zero-order chi connectivity index (χ0) is 23.2. The number of carbonyl (C=O) groups is 3. The molecule has 0 heterocycles. The van der Waals surface area contributed by atoms with Crippen molar-refractivity contribution in [1.29, 1.82) is 0 Å². The van der Waals surface area contributed by atoms with Crippen LogP contribution in [0.4, 0.5) is 0 Å². The second kappa shape index (κ2) is 10.8. The number of carbonyl (C=O) groups excluding carboxylic acids is 2. The molecule has 0 aromatic carbocycles. The number of amides is 2. The molecule has 168 valence electrons. The first-order valence-electron chi connectivity index (χ1n) is 10.4. The van der Waals surface area contributed by atoms with E-state index >= 15 is 0 Å². The van der Waals surface area contributed by atoms with Crippen molar-refractivity contribution in [2.45, 2.75) is 85.9 Å². The average molecular weight is 412 g/mol. The standard InChI is InChI=1S/C22H41N3O4/c1-11-22(12-2,23-9)20(29)24-17(21(6,7)8)18(26)25(10)16(14(3)4)13-15(5)19(27)28/h13-14,16-17,23H,11-12H2,1-10H3,(H,24,29)(H,27,28)/b15-13+/t16-,17?/m1/s1. The Morgan fingerprint density at radius 1 is 1.10 bits per heavy atom. The summed E-state index contributed by atoms with van der Waals surface area (Å²) >= 11 is 0. The summed E-state index contributed by atoms with van der Waals surface area (Å²) in [5, 5.41) is 15.3. The van der Waals surface area contributed by atoms with Gasteiger partial charge in [-0.25, -0.2) is 4.79 Å². The number of aliphatic carboxylic acids is 1. The van der Waals surface area contributed by atoms with Crippen LogP contribution < -0.4 is 10.6 Å². The van der Waals surface area contributed by atoms with E-state index < -0.39 is 29.0 Å². The SMILES string of the molecule is CCC(CC)(NC)C(=O)NC(C(=O)N(C)[C@H](/C=C(\C)C(=O)O)C(C)C)C(C)(C)C. The van der Waals surface area contributed by atoms with Crippen molar-refractivity contribution in [3.63, 3.8) is 0 Å². The van der Waals surface area contributed by atoms with Gasteiger partial charge in [0.25, 0.3) is 0 Å². The number of carboxylic acids is 1. The van der Waals surface area contributed by atoms with Crippen LogP contribution in [0.5, 0.6) is 0 Å². The summed E-state index contributed by atoms with van der Waals surface area (Å²) in [6.45, 7) is 15.0. The number of carboxylic acid groups (broad SMARTS) is 1. The number of likely N-dealkylation sites (N-methyl/N-ethyl adjacent to an activating group) is 2. The van der Waals surface area contributed by atoms with Crippen LogP contribution in [0.3, 0.4) is 0 Å². The Bertz CT molecular complexity index is 608. The van der Waals surface area contributed by atoms with Crippen LogP contribution >= 0.6 is 0 Å². The predicted octanol–water partition coefficient (Wildman–Crippen LogP) is 2.81. The first-order chi connectivity index (χ1) is 13.2. The van der Waals surface area contributed by atoms with Crippen LogP contribution in [-0.4, -0.2) is 59.5 Å². The Morgan fingerprint density at radius 3 is 1.90 bits per heavy atom. The molecule has 29 heavy (non-hydrogen) atoms. The van der Waals surface area contributed by atoms with Crippen molar-refractivity contribution in [3.8, 4) is 0 Å². The molecule has 0 aliphatic rings. The minimum atomic E-state index is -1.01. The van der Waals surface area contributed by atoms with Crippen LogP contribution in [0.25, 0.3) is 0 Å². The maximum absolute atomic E-state index is 13.4. The number of hydrogen-bond donors (Lipinski definition) is 3. The molecule has 0 rings (SSSR count). The van der Waals surface area contributed by atoms with Gasteiger partial charge in [0.05, 0.1) is 11.6 Å². The van der Waals surface area contributed by atoms with E-state index in [0.29, 0.717) is 12.8 Å². The highest BCUT2D eigenvalue weighted by Gasteiger charge is 2.41. The zero-order valence-electron chi connectivity index (χ0n) is 19.8. The summed E-state index contributed by atoms with van der Waals surface area (Å²) < 4.78 is 0. The fourth-order valence-electron chi connectivity index (χ4n) is 3.39. The Kier molecular flexibility index (Phi) is 10.1. The average Bonchev–Trinajstić information content (AvgIpc) is 2.63. The van der Waals surface area contributed by atoms with Gasteiger partial charge in [-0.1, -0.05) is 54.5 Å². The fourth-order valence-corrected chi connectivity index (χ4v) is 3.39. The number of nitrogens with zero attached hydrogens (tertiary/aromatic N) is 1. The second-order valence-corrected chi connectivity index (χ2v) is 9.15. The molecule has 0 saturated heterocycles. The van der Waals surface area contributed by atoms with Crippen LogP contribution in [-0.2, 0) is 14.4 Å². The Hall–Kier alpha value is -1.89. The first-order valence-corrected chi connectivity index (χ1v) is 10.4. The van der Waals surface area contributed by atoms with Crippen molar-refractivity contribution in [1.82, 2.24) is 15.5 Å². The summed E-state index contributed by atoms with van der Waals surface area (Å²) in [6.07, 6.45) is 2.80. The number of rotatable bonds is 10. The lowest BCUT2D eigenvalue weighted by Crippen LogP contribution is -2.62. The van der Waals surface area contributed by atoms with E-state index in [9.17, 15) is 19.5 Å². The highest BCUT2D eigenvalue weighted by molar-refractivity contribution is 5.93. The molecule has 0 fully saturated rings. The maximum Gasteiger partial charge on any atom is 0.331 e. The zero-order valence-corrected chi connectivity index (χ0v) is 19.8. The minimum Gasteiger partial charge on any atom is -0.478 e. The molecule has 2 atom stereocenters. The van der Waals surface area contributed by atoms with Crippen molar-refractivity contribution < 1.29 is 19.5 Å². The summed E-state index contributed by atoms with van der Waals surface area (Å²) in [7, 11) is 3.41. The van der Waals surface area contributed by atoms with E-state index in [1.54, 1.807) is 25.1 Å². The smallest absolute Gasteiger partial charge is 0.331 e. The van der Waals surface area contributed by atoms with Gasteiger partial charge in [-0.15, -0.1) is 0 Å². The Balaban J connectivity index is 5.95. The highest BCUT2D eigenvalue weighted by Crippen LogP contribution is 2.25. The van der Waals surface area contributed by atoms with Gasteiger partial charge in [0.1, 0.15) is 6.04 Å². The molecule has 0 aromatic rings. The van der Waals surface area contributed by atoms with E-state index in [2.05, 4.69) is 10.6 Å². The van der Waals surface area contributed by atoms with E-state index in [1.165, 1.54) is 6.92 Å². The molecule has 7 heteroatoms. The molecular formula is C22H41N3O4. The second-order valence-electron chi connectivity index (χ2n) is 9.15. The Morgan fingerprint density at radius 2 is 1.59 bits per heavy atom. The van der Waals surface area contributed by atoms with Gasteiger partial charge in [0.15, 0.2) is 0 Å². The molecule has 0 radical (unpaired) electrons. The molecule has 1 unspecified atom stereocenters. The molecule has 0 spiro atoms. The summed E-state index contributed by atoms with van der Waals surface area (Å²) in [6, 6.07) is -1.14. The van der Waals surface area contributed by atoms with Gasteiger partial charge < -0.3 is 20.6 Å². The fraction of sp³-hybridized carbons (Fsp3) is 0.773. The number of hydrogen-bond acceptors (Lipinski definition) is 4. The molecule has 7 nitrogen and oxygen atoms in total. The molecule has 0 saturated carbocycles. The van der Waals surface area contributed by atoms with Crippen molar-refractivity contribution >= 4 is 17.8 Å². The van der Waals surface area contributed by atoms with Gasteiger partial charge in [-0.3, -0.25) is 9.59 Å². The quantitative estimate of drug-likeness (QED) is 0.480. The largest absolute Gasteiger partial charge is 0.478 e. The third kappa shape index (κ3) is 6.84. The lowest BCUT2D eigenvalue weighted by molar-refractivity contribution is -0.142. The van der Waals surface area contributed by atoms with Crippen molar-refractivity contribution in [3.05, 3.63) is 11.6 Å². The van der Waals surface area contributed by atoms with Gasteiger partial charge in [-0.05, 0) is 38.1 Å². The van der Waals surface area contributed by atoms with E-state index in [-0.39, 0.29) is 23.3 Å². The molecule has 0 aliphatic carbocycles. The molecule has 2 amide bonds. The molecule has 0 bridgehead atoms. The van der Waals surface area contributed by atoms with Crippen molar-refractivity contribution in [2.24, 2.45) is 11.3 Å². The third-order valence-electron chi connectivity index (χ3n) is 5.74. The van der Waals surface area contributed by atoms with Gasteiger partial charge in [0.2, 0.25) is 11.8 Å². The summed E-state index contributed by atoms with van der Waals surface area (Å²) in [4.78, 5) is 39.3. The Labute approximate surface area is 176 Å². The summed E-state index contributed by atoms with van der Waals surface area (Å²) in [5.74, 6) is -1.44. The monoisotopic (exact) mass is 411 g/mol. The van der Waals surface area contributed by atoms with E-state index in [4.69, 9.17) is 0 Å². The topological polar surface area (TPSA) is 98.7 Å². The third-order valence-corrected chi connectivity index (χ3v) is 5.74. The van der Waals surface area contributed by atoms with Gasteiger partial charge in [-0.2, -0.15) is 0 Å². The minimum absolute atomic E-state index is 0.0113. The van der Waals surface area contributed by atoms with Crippen LogP contribution in [0.1, 0.15) is 68.2 Å². The molecular weight excluding hydrogens is 370 g/mol. The summed E-state index contributed by atoms with van der Waals surface area (Å²) in [5.41, 5.74) is -1.07. The van der Waals surface area contributed by atoms with E-state index in [1.807, 2.05) is 48.5 Å². The van der Waals surface area contributed by atoms with Gasteiger partial charge >= 0.3 is 5.97 Å². The van der Waals surface area contributed by atoms with Crippen LogP contribution in [0, 0.1) is 11.3 Å². The molecule has 0 aromatic heterocycles. The van der Waals surface area contributed by atoms with Crippen molar-refractivity contribution in [2.75, 3.05) is 14.1 Å². The highest BCUT2D eigenvalue weighted by atomic mass is 16.4. The molecule has 0 aliphatic heterocycles. The normalized spacial score (nSPS) is 15.1. The lowest BCUT2D eigenvalue weighted by atomic mass is 9.83.